The second kappa shape index (κ2) is 8.99. The molecule has 2 atom stereocenters. The van der Waals surface area contributed by atoms with Crippen molar-refractivity contribution in [2.45, 2.75) is 24.1 Å². The SMILES string of the molecule is O=C(Cc1ccc(NC2=N[C@H]3CS(=O)(=O)C[C@@H]3S2)cc1)NCCc1ccc(Cl)cc1. The molecule has 0 aliphatic carbocycles. The van der Waals surface area contributed by atoms with E-state index >= 15 is 0 Å². The molecule has 1 amide bonds. The number of aliphatic imine (C=N–C) groups is 1. The average Bonchev–Trinajstić information content (AvgIpc) is 3.17. The fourth-order valence-corrected chi connectivity index (χ4v) is 7.29. The third kappa shape index (κ3) is 5.56. The van der Waals surface area contributed by atoms with Crippen molar-refractivity contribution in [3.8, 4) is 0 Å². The molecular formula is C21H22ClN3O3S2. The second-order valence-electron chi connectivity index (χ2n) is 7.46. The Morgan fingerprint density at radius 2 is 1.77 bits per heavy atom. The predicted octanol–water partition coefficient (Wildman–Crippen LogP) is 2.92. The summed E-state index contributed by atoms with van der Waals surface area (Å²) in [5.74, 6) is 0.319. The van der Waals surface area contributed by atoms with E-state index in [-0.39, 0.29) is 28.7 Å². The number of amides is 1. The highest BCUT2D eigenvalue weighted by atomic mass is 35.5. The molecular weight excluding hydrogens is 442 g/mol. The molecule has 30 heavy (non-hydrogen) atoms. The van der Waals surface area contributed by atoms with Crippen molar-refractivity contribution in [3.63, 3.8) is 0 Å². The summed E-state index contributed by atoms with van der Waals surface area (Å²) in [7, 11) is -2.94. The van der Waals surface area contributed by atoms with Crippen LogP contribution >= 0.6 is 23.4 Å². The molecule has 0 radical (unpaired) electrons. The summed E-state index contributed by atoms with van der Waals surface area (Å²) in [5, 5.41) is 7.66. The monoisotopic (exact) mass is 463 g/mol. The molecule has 2 aliphatic rings. The Hall–Kier alpha value is -2.03. The number of sulfone groups is 1. The Kier molecular flexibility index (Phi) is 6.36. The number of nitrogens with one attached hydrogen (secondary N) is 2. The molecule has 2 heterocycles. The lowest BCUT2D eigenvalue weighted by atomic mass is 10.1. The van der Waals surface area contributed by atoms with Gasteiger partial charge >= 0.3 is 0 Å². The smallest absolute Gasteiger partial charge is 0.224 e. The second-order valence-corrected chi connectivity index (χ2v) is 11.3. The van der Waals surface area contributed by atoms with Gasteiger partial charge in [-0.3, -0.25) is 9.79 Å². The molecule has 2 N–H and O–H groups in total. The number of halogens is 1. The molecule has 6 nitrogen and oxygen atoms in total. The Morgan fingerprint density at radius 3 is 2.47 bits per heavy atom. The minimum atomic E-state index is -2.94. The van der Waals surface area contributed by atoms with E-state index < -0.39 is 9.84 Å². The van der Waals surface area contributed by atoms with Crippen molar-refractivity contribution in [2.24, 2.45) is 4.99 Å². The fraction of sp³-hybridized carbons (Fsp3) is 0.333. The fourth-order valence-electron chi connectivity index (χ4n) is 3.49. The lowest BCUT2D eigenvalue weighted by Gasteiger charge is -2.09. The molecule has 0 saturated carbocycles. The number of carbonyl (C=O) groups is 1. The molecule has 0 spiro atoms. The van der Waals surface area contributed by atoms with Crippen molar-refractivity contribution >= 4 is 50.0 Å². The van der Waals surface area contributed by atoms with Crippen LogP contribution in [-0.2, 0) is 27.5 Å². The maximum Gasteiger partial charge on any atom is 0.224 e. The van der Waals surface area contributed by atoms with Crippen LogP contribution in [0, 0.1) is 0 Å². The van der Waals surface area contributed by atoms with Crippen LogP contribution in [0.2, 0.25) is 5.02 Å². The first-order chi connectivity index (χ1) is 14.4. The van der Waals surface area contributed by atoms with Crippen LogP contribution in [-0.4, -0.2) is 48.8 Å². The molecule has 2 aromatic carbocycles. The summed E-state index contributed by atoms with van der Waals surface area (Å²) in [6.45, 7) is 0.579. The van der Waals surface area contributed by atoms with Gasteiger partial charge in [0.15, 0.2) is 15.0 Å². The zero-order valence-corrected chi connectivity index (χ0v) is 18.6. The van der Waals surface area contributed by atoms with Crippen molar-refractivity contribution in [3.05, 3.63) is 64.7 Å². The number of hydrogen-bond donors (Lipinski definition) is 2. The van der Waals surface area contributed by atoms with Crippen LogP contribution in [0.3, 0.4) is 0 Å². The van der Waals surface area contributed by atoms with Gasteiger partial charge in [0.1, 0.15) is 0 Å². The number of rotatable bonds is 6. The molecule has 158 valence electrons. The highest BCUT2D eigenvalue weighted by Gasteiger charge is 2.42. The summed E-state index contributed by atoms with van der Waals surface area (Å²) in [4.78, 5) is 16.7. The van der Waals surface area contributed by atoms with Crippen molar-refractivity contribution in [2.75, 3.05) is 23.4 Å². The molecule has 4 rings (SSSR count). The van der Waals surface area contributed by atoms with E-state index in [1.165, 1.54) is 11.8 Å². The van der Waals surface area contributed by atoms with Gasteiger partial charge < -0.3 is 10.6 Å². The first-order valence-electron chi connectivity index (χ1n) is 9.68. The van der Waals surface area contributed by atoms with Crippen LogP contribution in [0.1, 0.15) is 11.1 Å². The van der Waals surface area contributed by atoms with Crippen LogP contribution in [0.5, 0.6) is 0 Å². The lowest BCUT2D eigenvalue weighted by Crippen LogP contribution is -2.27. The number of hydrogen-bond acceptors (Lipinski definition) is 6. The summed E-state index contributed by atoms with van der Waals surface area (Å²) in [5.41, 5.74) is 2.93. The van der Waals surface area contributed by atoms with Crippen molar-refractivity contribution in [1.29, 1.82) is 0 Å². The standard InChI is InChI=1S/C21H22ClN3O3S2/c22-16-5-1-14(2-6-16)9-10-23-20(26)11-15-3-7-17(8-4-15)24-21-25-18-12-30(27,28)13-19(18)29-21/h1-8,18-19H,9-13H2,(H,23,26)(H,24,25)/t18-,19-/m0/s1. The molecule has 2 aromatic rings. The number of fused-ring (bicyclic) bond motifs is 1. The molecule has 9 heteroatoms. The summed E-state index contributed by atoms with van der Waals surface area (Å²) < 4.78 is 23.3. The third-order valence-electron chi connectivity index (χ3n) is 5.04. The van der Waals surface area contributed by atoms with E-state index in [1.54, 1.807) is 0 Å². The minimum Gasteiger partial charge on any atom is -0.355 e. The zero-order valence-electron chi connectivity index (χ0n) is 16.2. The van der Waals surface area contributed by atoms with Crippen LogP contribution < -0.4 is 10.6 Å². The number of thioether (sulfide) groups is 1. The minimum absolute atomic E-state index is 0.0190. The van der Waals surface area contributed by atoms with Gasteiger partial charge in [-0.2, -0.15) is 0 Å². The van der Waals surface area contributed by atoms with Gasteiger partial charge in [0.25, 0.3) is 0 Å². The Morgan fingerprint density at radius 1 is 1.07 bits per heavy atom. The van der Waals surface area contributed by atoms with Crippen LogP contribution in [0.25, 0.3) is 0 Å². The Balaban J connectivity index is 1.23. The molecule has 0 bridgehead atoms. The van der Waals surface area contributed by atoms with Gasteiger partial charge in [0.2, 0.25) is 5.91 Å². The normalized spacial score (nSPS) is 21.7. The highest BCUT2D eigenvalue weighted by molar-refractivity contribution is 8.15. The van der Waals surface area contributed by atoms with Gasteiger partial charge in [0.05, 0.1) is 24.0 Å². The van der Waals surface area contributed by atoms with Gasteiger partial charge in [-0.05, 0) is 41.8 Å². The third-order valence-corrected chi connectivity index (χ3v) is 8.43. The van der Waals surface area contributed by atoms with Crippen LogP contribution in [0.4, 0.5) is 5.69 Å². The predicted molar refractivity (Wildman–Crippen MR) is 123 cm³/mol. The van der Waals surface area contributed by atoms with E-state index in [4.69, 9.17) is 11.6 Å². The summed E-state index contributed by atoms with van der Waals surface area (Å²) in [6.07, 6.45) is 1.08. The molecule has 2 aliphatic heterocycles. The number of nitrogens with zero attached hydrogens (tertiary/aromatic N) is 1. The van der Waals surface area contributed by atoms with Gasteiger partial charge in [-0.1, -0.05) is 47.6 Å². The first kappa shape index (κ1) is 21.2. The topological polar surface area (TPSA) is 87.6 Å². The Labute approximate surface area is 185 Å². The van der Waals surface area contributed by atoms with Crippen molar-refractivity contribution in [1.82, 2.24) is 5.32 Å². The zero-order chi connectivity index (χ0) is 21.1. The van der Waals surface area contributed by atoms with E-state index in [1.807, 2.05) is 48.5 Å². The number of benzene rings is 2. The average molecular weight is 464 g/mol. The Bertz CT molecular complexity index is 1050. The quantitative estimate of drug-likeness (QED) is 0.687. The molecule has 0 unspecified atom stereocenters. The molecule has 0 aromatic heterocycles. The largest absolute Gasteiger partial charge is 0.355 e. The summed E-state index contributed by atoms with van der Waals surface area (Å²) >= 11 is 7.36. The van der Waals surface area contributed by atoms with Gasteiger partial charge in [-0.25, -0.2) is 8.42 Å². The van der Waals surface area contributed by atoms with E-state index in [9.17, 15) is 13.2 Å². The van der Waals surface area contributed by atoms with Gasteiger partial charge in [-0.15, -0.1) is 0 Å². The maximum atomic E-state index is 12.2. The number of amidine groups is 1. The summed E-state index contributed by atoms with van der Waals surface area (Å²) in [6, 6.07) is 15.1. The van der Waals surface area contributed by atoms with E-state index in [0.29, 0.717) is 18.0 Å². The van der Waals surface area contributed by atoms with Gasteiger partial charge in [0, 0.05) is 22.5 Å². The lowest BCUT2D eigenvalue weighted by molar-refractivity contribution is -0.120. The van der Waals surface area contributed by atoms with Crippen LogP contribution in [0.15, 0.2) is 53.5 Å². The number of anilines is 1. The highest BCUT2D eigenvalue weighted by Crippen LogP contribution is 2.34. The molecule has 1 saturated heterocycles. The van der Waals surface area contributed by atoms with E-state index in [2.05, 4.69) is 15.6 Å². The maximum absolute atomic E-state index is 12.2. The van der Waals surface area contributed by atoms with E-state index in [0.717, 1.165) is 28.4 Å². The first-order valence-corrected chi connectivity index (χ1v) is 12.8. The number of carbonyl (C=O) groups excluding carboxylic acids is 1. The van der Waals surface area contributed by atoms with Crippen molar-refractivity contribution < 1.29 is 13.2 Å². The molecule has 1 fully saturated rings.